The Labute approximate surface area is 205 Å². The van der Waals surface area contributed by atoms with Crippen LogP contribution in [0.3, 0.4) is 0 Å². The Bertz CT molecular complexity index is 1070. The van der Waals surface area contributed by atoms with Crippen molar-refractivity contribution < 1.29 is 27.8 Å². The second-order valence-corrected chi connectivity index (χ2v) is 11.0. The largest absolute Gasteiger partial charge is 0.490 e. The number of carbonyl (C=O) groups is 1. The van der Waals surface area contributed by atoms with Gasteiger partial charge in [0.05, 0.1) is 12.0 Å². The zero-order chi connectivity index (χ0) is 25.5. The number of ether oxygens (including phenoxy) is 1. The average molecular weight is 492 g/mol. The summed E-state index contributed by atoms with van der Waals surface area (Å²) in [6.45, 7) is 8.84. The van der Waals surface area contributed by atoms with Gasteiger partial charge in [-0.25, -0.2) is 0 Å². The highest BCUT2D eigenvalue weighted by molar-refractivity contribution is 5.91. The van der Waals surface area contributed by atoms with Crippen LogP contribution in [-0.2, 0) is 11.0 Å². The summed E-state index contributed by atoms with van der Waals surface area (Å²) in [5, 5.41) is 10.2. The summed E-state index contributed by atoms with van der Waals surface area (Å²) >= 11 is 0. The lowest BCUT2D eigenvalue weighted by atomic mass is 9.58. The second kappa shape index (κ2) is 9.55. The monoisotopic (exact) mass is 491 g/mol. The summed E-state index contributed by atoms with van der Waals surface area (Å²) in [4.78, 5) is 13.8. The molecule has 2 unspecified atom stereocenters. The van der Waals surface area contributed by atoms with E-state index in [1.54, 1.807) is 24.3 Å². The van der Waals surface area contributed by atoms with Crippen molar-refractivity contribution in [1.82, 2.24) is 0 Å². The molecule has 2 aromatic carbocycles. The minimum absolute atomic E-state index is 0.0133. The molecule has 7 heteroatoms. The lowest BCUT2D eigenvalue weighted by Crippen LogP contribution is -2.61. The molecule has 0 spiro atoms. The summed E-state index contributed by atoms with van der Waals surface area (Å²) in [5.74, 6) is -0.723. The Kier molecular flexibility index (Phi) is 7.00. The van der Waals surface area contributed by atoms with E-state index in [1.807, 2.05) is 20.8 Å². The highest BCUT2D eigenvalue weighted by Gasteiger charge is 2.54. The minimum atomic E-state index is -4.54. The van der Waals surface area contributed by atoms with Crippen molar-refractivity contribution in [3.05, 3.63) is 35.9 Å². The number of carboxylic acids is 1. The van der Waals surface area contributed by atoms with Gasteiger partial charge in [0.2, 0.25) is 0 Å². The van der Waals surface area contributed by atoms with E-state index in [0.717, 1.165) is 37.8 Å². The number of anilines is 1. The quantitative estimate of drug-likeness (QED) is 0.435. The van der Waals surface area contributed by atoms with Crippen LogP contribution in [0.25, 0.3) is 10.8 Å². The molecule has 2 aliphatic rings. The van der Waals surface area contributed by atoms with E-state index in [0.29, 0.717) is 24.3 Å². The Hall–Kier alpha value is -2.44. The van der Waals surface area contributed by atoms with E-state index in [9.17, 15) is 23.1 Å². The van der Waals surface area contributed by atoms with E-state index < -0.39 is 29.0 Å². The summed E-state index contributed by atoms with van der Waals surface area (Å²) in [5.41, 5.74) is -0.316. The molecule has 35 heavy (non-hydrogen) atoms. The van der Waals surface area contributed by atoms with Gasteiger partial charge >= 0.3 is 12.1 Å². The normalized spacial score (nSPS) is 26.3. The fourth-order valence-corrected chi connectivity index (χ4v) is 5.95. The lowest BCUT2D eigenvalue weighted by Gasteiger charge is -2.55. The predicted molar refractivity (Wildman–Crippen MR) is 132 cm³/mol. The first-order valence-corrected chi connectivity index (χ1v) is 12.7. The Balaban J connectivity index is 1.68. The maximum absolute atomic E-state index is 14.2. The standard InChI is InChI=1S/C28H36F3NO3/c1-5-14-32(24-16-22(26(33)34)27(24,3)4)19-9-12-21-18(15-19)8-13-23(25(21)28(29,30)31)35-20-10-6-17(2)7-11-20/h8-9,12-13,15,17,20,22,24H,5-7,10-11,14,16H2,1-4H3,(H,33,34). The molecule has 0 saturated heterocycles. The number of alkyl halides is 3. The summed E-state index contributed by atoms with van der Waals surface area (Å²) in [6.07, 6.45) is 0.140. The van der Waals surface area contributed by atoms with Gasteiger partial charge in [-0.15, -0.1) is 0 Å². The smallest absolute Gasteiger partial charge is 0.420 e. The maximum Gasteiger partial charge on any atom is 0.420 e. The van der Waals surface area contributed by atoms with Crippen LogP contribution >= 0.6 is 0 Å². The zero-order valence-corrected chi connectivity index (χ0v) is 21.0. The molecule has 4 nitrogen and oxygen atoms in total. The summed E-state index contributed by atoms with van der Waals surface area (Å²) in [7, 11) is 0. The first-order valence-electron chi connectivity index (χ1n) is 12.7. The van der Waals surface area contributed by atoms with Crippen molar-refractivity contribution in [2.45, 2.75) is 84.5 Å². The predicted octanol–water partition coefficient (Wildman–Crippen LogP) is 7.53. The number of aliphatic carboxylic acids is 1. The number of nitrogens with zero attached hydrogens (tertiary/aromatic N) is 1. The molecular weight excluding hydrogens is 455 g/mol. The number of fused-ring (bicyclic) bond motifs is 1. The molecule has 0 aromatic heterocycles. The zero-order valence-electron chi connectivity index (χ0n) is 21.0. The third-order valence-corrected chi connectivity index (χ3v) is 8.19. The van der Waals surface area contributed by atoms with Crippen molar-refractivity contribution in [2.24, 2.45) is 17.3 Å². The summed E-state index contributed by atoms with van der Waals surface area (Å²) < 4.78 is 48.6. The van der Waals surface area contributed by atoms with Gasteiger partial charge in [-0.2, -0.15) is 13.2 Å². The number of halogens is 3. The highest BCUT2D eigenvalue weighted by atomic mass is 19.4. The van der Waals surface area contributed by atoms with Gasteiger partial charge in [0.1, 0.15) is 11.3 Å². The van der Waals surface area contributed by atoms with Crippen molar-refractivity contribution in [3.8, 4) is 5.75 Å². The molecule has 2 aliphatic carbocycles. The second-order valence-electron chi connectivity index (χ2n) is 11.0. The van der Waals surface area contributed by atoms with Crippen LogP contribution in [0, 0.1) is 17.3 Å². The molecule has 4 rings (SSSR count). The number of hydrogen-bond acceptors (Lipinski definition) is 3. The van der Waals surface area contributed by atoms with Crippen LogP contribution in [0.15, 0.2) is 30.3 Å². The minimum Gasteiger partial charge on any atom is -0.490 e. The molecule has 0 radical (unpaired) electrons. The van der Waals surface area contributed by atoms with Gasteiger partial charge in [-0.1, -0.05) is 39.8 Å². The van der Waals surface area contributed by atoms with Crippen molar-refractivity contribution in [2.75, 3.05) is 11.4 Å². The number of benzene rings is 2. The van der Waals surface area contributed by atoms with Crippen LogP contribution in [-0.4, -0.2) is 29.8 Å². The first-order chi connectivity index (χ1) is 16.4. The van der Waals surface area contributed by atoms with Crippen LogP contribution in [0.1, 0.15) is 71.8 Å². The van der Waals surface area contributed by atoms with Gasteiger partial charge in [0.25, 0.3) is 0 Å². The fraction of sp³-hybridized carbons (Fsp3) is 0.607. The fourth-order valence-electron chi connectivity index (χ4n) is 5.95. The van der Waals surface area contributed by atoms with Crippen LogP contribution < -0.4 is 9.64 Å². The molecule has 2 atom stereocenters. The SMILES string of the molecule is CCCN(c1ccc2c(C(F)(F)F)c(OC3CCC(C)CC3)ccc2c1)C1CC(C(=O)O)C1(C)C. The van der Waals surface area contributed by atoms with Gasteiger partial charge in [-0.3, -0.25) is 4.79 Å². The van der Waals surface area contributed by atoms with E-state index in [-0.39, 0.29) is 23.3 Å². The van der Waals surface area contributed by atoms with Crippen molar-refractivity contribution in [3.63, 3.8) is 0 Å². The molecule has 1 N–H and O–H groups in total. The number of rotatable bonds is 7. The molecule has 2 fully saturated rings. The van der Waals surface area contributed by atoms with E-state index in [1.165, 1.54) is 6.07 Å². The van der Waals surface area contributed by atoms with Gasteiger partial charge in [0.15, 0.2) is 0 Å². The topological polar surface area (TPSA) is 49.8 Å². The van der Waals surface area contributed by atoms with E-state index >= 15 is 0 Å². The number of carboxylic acid groups (broad SMARTS) is 1. The maximum atomic E-state index is 14.2. The lowest BCUT2D eigenvalue weighted by molar-refractivity contribution is -0.154. The van der Waals surface area contributed by atoms with Gasteiger partial charge < -0.3 is 14.7 Å². The van der Waals surface area contributed by atoms with Crippen LogP contribution in [0.5, 0.6) is 5.75 Å². The molecular formula is C28H36F3NO3. The highest BCUT2D eigenvalue weighted by Crippen LogP contribution is 2.51. The Morgan fingerprint density at radius 2 is 1.83 bits per heavy atom. The van der Waals surface area contributed by atoms with Gasteiger partial charge in [-0.05, 0) is 78.8 Å². The van der Waals surface area contributed by atoms with Crippen LogP contribution in [0.4, 0.5) is 18.9 Å². The van der Waals surface area contributed by atoms with E-state index in [2.05, 4.69) is 11.8 Å². The van der Waals surface area contributed by atoms with Crippen molar-refractivity contribution in [1.29, 1.82) is 0 Å². The Morgan fingerprint density at radius 1 is 1.14 bits per heavy atom. The first kappa shape index (κ1) is 25.6. The Morgan fingerprint density at radius 3 is 2.40 bits per heavy atom. The van der Waals surface area contributed by atoms with Crippen molar-refractivity contribution >= 4 is 22.4 Å². The molecule has 2 saturated carbocycles. The van der Waals surface area contributed by atoms with E-state index in [4.69, 9.17) is 4.74 Å². The molecule has 0 bridgehead atoms. The van der Waals surface area contributed by atoms with Gasteiger partial charge in [0, 0.05) is 18.3 Å². The number of hydrogen-bond donors (Lipinski definition) is 1. The van der Waals surface area contributed by atoms with Crippen LogP contribution in [0.2, 0.25) is 0 Å². The molecule has 0 aliphatic heterocycles. The molecule has 0 heterocycles. The third-order valence-electron chi connectivity index (χ3n) is 8.19. The summed E-state index contributed by atoms with van der Waals surface area (Å²) in [6, 6.07) is 8.28. The third kappa shape index (κ3) is 4.96. The molecule has 192 valence electrons. The average Bonchev–Trinajstić information content (AvgIpc) is 2.78. The molecule has 2 aromatic rings. The molecule has 0 amide bonds.